The van der Waals surface area contributed by atoms with E-state index >= 15 is 0 Å². The maximum atomic E-state index is 12.8. The van der Waals surface area contributed by atoms with Crippen LogP contribution in [0, 0.1) is 0 Å². The zero-order valence-electron chi connectivity index (χ0n) is 16.8. The molecule has 0 spiro atoms. The van der Waals surface area contributed by atoms with Crippen molar-refractivity contribution in [2.75, 3.05) is 44.4 Å². The average Bonchev–Trinajstić information content (AvgIpc) is 2.68. The molecule has 2 aliphatic rings. The van der Waals surface area contributed by atoms with Crippen LogP contribution in [-0.2, 0) is 19.6 Å². The van der Waals surface area contributed by atoms with E-state index in [-0.39, 0.29) is 49.6 Å². The molecule has 3 rings (SSSR count). The van der Waals surface area contributed by atoms with Crippen molar-refractivity contribution in [2.45, 2.75) is 38.2 Å². The smallest absolute Gasteiger partial charge is 0.257 e. The number of carbonyl (C=O) groups excluding carboxylic acids is 2. The van der Waals surface area contributed by atoms with Gasteiger partial charge in [0.05, 0.1) is 12.3 Å². The second-order valence-corrected chi connectivity index (χ2v) is 9.52. The topological polar surface area (TPSA) is 113 Å². The van der Waals surface area contributed by atoms with E-state index in [1.807, 2.05) is 14.1 Å². The maximum absolute atomic E-state index is 12.8. The normalized spacial score (nSPS) is 21.3. The van der Waals surface area contributed by atoms with Crippen LogP contribution < -0.4 is 9.64 Å². The van der Waals surface area contributed by atoms with E-state index in [1.165, 1.54) is 10.5 Å². The fraction of sp³-hybridized carbons (Fsp3) is 0.667. The van der Waals surface area contributed by atoms with Crippen molar-refractivity contribution in [2.24, 2.45) is 0 Å². The van der Waals surface area contributed by atoms with E-state index in [1.54, 1.807) is 11.1 Å². The number of aromatic nitrogens is 2. The van der Waals surface area contributed by atoms with Crippen LogP contribution in [0.15, 0.2) is 12.4 Å². The van der Waals surface area contributed by atoms with Crippen LogP contribution in [0.1, 0.15) is 32.1 Å². The highest BCUT2D eigenvalue weighted by molar-refractivity contribution is 7.89. The van der Waals surface area contributed by atoms with E-state index in [2.05, 4.69) is 9.97 Å². The third-order valence-electron chi connectivity index (χ3n) is 5.04. The Morgan fingerprint density at radius 1 is 1.14 bits per heavy atom. The monoisotopic (exact) mass is 425 g/mol. The fourth-order valence-corrected chi connectivity index (χ4v) is 4.98. The lowest BCUT2D eigenvalue weighted by Crippen LogP contribution is -2.48. The van der Waals surface area contributed by atoms with Gasteiger partial charge < -0.3 is 9.64 Å². The summed E-state index contributed by atoms with van der Waals surface area (Å²) in [6.45, 7) is 0.496. The fourth-order valence-electron chi connectivity index (χ4n) is 3.50. The standard InChI is InChI=1S/C18H27N5O5S/c1-21(2)17-18(20-9-8-19-17)28-14-5-4-10-22(13-14)29(26,27)12-11-23-15(24)6-3-7-16(23)25/h8-9,14H,3-7,10-13H2,1-2H3. The van der Waals surface area contributed by atoms with Gasteiger partial charge in [-0.1, -0.05) is 0 Å². The number of imide groups is 1. The molecule has 0 radical (unpaired) electrons. The molecule has 2 aliphatic heterocycles. The zero-order chi connectivity index (χ0) is 21.0. The molecule has 0 aliphatic carbocycles. The SMILES string of the molecule is CN(C)c1nccnc1OC1CCCN(S(=O)(=O)CCN2C(=O)CCCC2=O)C1. The molecule has 1 atom stereocenters. The van der Waals surface area contributed by atoms with Gasteiger partial charge in [0.15, 0.2) is 5.82 Å². The largest absolute Gasteiger partial charge is 0.470 e. The molecule has 160 valence electrons. The number of anilines is 1. The third kappa shape index (κ3) is 5.21. The van der Waals surface area contributed by atoms with Gasteiger partial charge in [-0.3, -0.25) is 14.5 Å². The summed E-state index contributed by atoms with van der Waals surface area (Å²) in [5.74, 6) is 0.0804. The summed E-state index contributed by atoms with van der Waals surface area (Å²) in [5, 5.41) is 0. The lowest BCUT2D eigenvalue weighted by molar-refractivity contribution is -0.147. The first-order valence-corrected chi connectivity index (χ1v) is 11.3. The molecule has 1 unspecified atom stereocenters. The molecule has 1 aromatic heterocycles. The molecule has 29 heavy (non-hydrogen) atoms. The Hall–Kier alpha value is -2.27. The minimum Gasteiger partial charge on any atom is -0.470 e. The van der Waals surface area contributed by atoms with Crippen LogP contribution in [0.4, 0.5) is 5.82 Å². The molecule has 2 fully saturated rings. The Kier molecular flexibility index (Phi) is 6.68. The molecule has 2 amide bonds. The lowest BCUT2D eigenvalue weighted by Gasteiger charge is -2.33. The molecule has 0 aromatic carbocycles. The minimum atomic E-state index is -3.62. The van der Waals surface area contributed by atoms with Crippen molar-refractivity contribution in [1.29, 1.82) is 0 Å². The van der Waals surface area contributed by atoms with Crippen LogP contribution in [0.2, 0.25) is 0 Å². The number of carbonyl (C=O) groups is 2. The Morgan fingerprint density at radius 2 is 1.83 bits per heavy atom. The molecule has 0 N–H and O–H groups in total. The van der Waals surface area contributed by atoms with E-state index in [0.717, 1.165) is 4.90 Å². The third-order valence-corrected chi connectivity index (χ3v) is 6.86. The molecule has 1 aromatic rings. The van der Waals surface area contributed by atoms with Crippen LogP contribution in [-0.4, -0.2) is 85.0 Å². The van der Waals surface area contributed by atoms with Crippen LogP contribution >= 0.6 is 0 Å². The van der Waals surface area contributed by atoms with Gasteiger partial charge in [-0.05, 0) is 19.3 Å². The van der Waals surface area contributed by atoms with E-state index in [0.29, 0.717) is 37.5 Å². The van der Waals surface area contributed by atoms with Gasteiger partial charge in [-0.2, -0.15) is 4.31 Å². The van der Waals surface area contributed by atoms with E-state index < -0.39 is 10.0 Å². The van der Waals surface area contributed by atoms with Gasteiger partial charge in [0.2, 0.25) is 21.8 Å². The summed E-state index contributed by atoms with van der Waals surface area (Å²) >= 11 is 0. The number of rotatable bonds is 7. The summed E-state index contributed by atoms with van der Waals surface area (Å²) in [6, 6.07) is 0. The van der Waals surface area contributed by atoms with Gasteiger partial charge in [0, 0.05) is 52.4 Å². The highest BCUT2D eigenvalue weighted by Crippen LogP contribution is 2.25. The molecule has 0 saturated carbocycles. The quantitative estimate of drug-likeness (QED) is 0.572. The van der Waals surface area contributed by atoms with Crippen LogP contribution in [0.25, 0.3) is 0 Å². The van der Waals surface area contributed by atoms with E-state index in [4.69, 9.17) is 4.74 Å². The Bertz CT molecular complexity index is 844. The predicted molar refractivity (Wildman–Crippen MR) is 106 cm³/mol. The Balaban J connectivity index is 1.62. The number of likely N-dealkylation sites (tertiary alicyclic amines) is 1. The minimum absolute atomic E-state index is 0.100. The summed E-state index contributed by atoms with van der Waals surface area (Å²) < 4.78 is 32.9. The van der Waals surface area contributed by atoms with Crippen molar-refractivity contribution in [3.63, 3.8) is 0 Å². The molecule has 2 saturated heterocycles. The predicted octanol–water partition coefficient (Wildman–Crippen LogP) is 0.255. The first-order chi connectivity index (χ1) is 13.8. The van der Waals surface area contributed by atoms with Gasteiger partial charge in [0.25, 0.3) is 5.88 Å². The maximum Gasteiger partial charge on any atom is 0.257 e. The molecular formula is C18H27N5O5S. The highest BCUT2D eigenvalue weighted by Gasteiger charge is 2.33. The van der Waals surface area contributed by atoms with Crippen molar-refractivity contribution in [1.82, 2.24) is 19.2 Å². The first-order valence-electron chi connectivity index (χ1n) is 9.74. The molecule has 3 heterocycles. The summed E-state index contributed by atoms with van der Waals surface area (Å²) in [6.07, 6.45) is 5.24. The Morgan fingerprint density at radius 3 is 2.52 bits per heavy atom. The first kappa shape index (κ1) is 21.4. The number of hydrogen-bond donors (Lipinski definition) is 0. The van der Waals surface area contributed by atoms with Crippen molar-refractivity contribution in [3.05, 3.63) is 12.4 Å². The second-order valence-electron chi connectivity index (χ2n) is 7.43. The number of nitrogens with zero attached hydrogens (tertiary/aromatic N) is 5. The number of piperidine rings is 2. The summed E-state index contributed by atoms with van der Waals surface area (Å²) in [5.41, 5.74) is 0. The van der Waals surface area contributed by atoms with Gasteiger partial charge in [0.1, 0.15) is 6.10 Å². The van der Waals surface area contributed by atoms with Gasteiger partial charge in [-0.15, -0.1) is 0 Å². The van der Waals surface area contributed by atoms with Crippen molar-refractivity contribution >= 4 is 27.7 Å². The highest BCUT2D eigenvalue weighted by atomic mass is 32.2. The van der Waals surface area contributed by atoms with Crippen molar-refractivity contribution in [3.8, 4) is 5.88 Å². The van der Waals surface area contributed by atoms with Crippen molar-refractivity contribution < 1.29 is 22.7 Å². The number of sulfonamides is 1. The van der Waals surface area contributed by atoms with Crippen LogP contribution in [0.3, 0.4) is 0 Å². The molecule has 10 nitrogen and oxygen atoms in total. The Labute approximate surface area is 170 Å². The zero-order valence-corrected chi connectivity index (χ0v) is 17.6. The summed E-state index contributed by atoms with van der Waals surface area (Å²) in [4.78, 5) is 35.1. The molecule has 0 bridgehead atoms. The summed E-state index contributed by atoms with van der Waals surface area (Å²) in [7, 11) is 0.0416. The number of amides is 2. The number of ether oxygens (including phenoxy) is 1. The number of hydrogen-bond acceptors (Lipinski definition) is 8. The molecule has 11 heteroatoms. The van der Waals surface area contributed by atoms with Gasteiger partial charge in [-0.25, -0.2) is 18.4 Å². The average molecular weight is 426 g/mol. The lowest BCUT2D eigenvalue weighted by atomic mass is 10.1. The van der Waals surface area contributed by atoms with E-state index in [9.17, 15) is 18.0 Å². The van der Waals surface area contributed by atoms with Gasteiger partial charge >= 0.3 is 0 Å². The second kappa shape index (κ2) is 9.04. The molecular weight excluding hydrogens is 398 g/mol. The van der Waals surface area contributed by atoms with Crippen LogP contribution in [0.5, 0.6) is 5.88 Å².